The third-order valence-electron chi connectivity index (χ3n) is 4.90. The Kier molecular flexibility index (Phi) is 6.06. The van der Waals surface area contributed by atoms with Crippen molar-refractivity contribution in [3.8, 4) is 0 Å². The number of benzene rings is 1. The quantitative estimate of drug-likeness (QED) is 0.773. The maximum atomic E-state index is 6.13. The molecule has 0 aromatic heterocycles. The van der Waals surface area contributed by atoms with Gasteiger partial charge < -0.3 is 11.1 Å². The van der Waals surface area contributed by atoms with Crippen LogP contribution in [0.5, 0.6) is 0 Å². The molecule has 2 unspecified atom stereocenters. The first kappa shape index (κ1) is 15.5. The molecule has 1 aliphatic rings. The van der Waals surface area contributed by atoms with Gasteiger partial charge in [-0.25, -0.2) is 0 Å². The molecule has 2 nitrogen and oxygen atoms in total. The van der Waals surface area contributed by atoms with Crippen LogP contribution in [0.3, 0.4) is 0 Å². The lowest BCUT2D eigenvalue weighted by Gasteiger charge is -2.33. The van der Waals surface area contributed by atoms with Crippen molar-refractivity contribution in [2.45, 2.75) is 64.0 Å². The maximum Gasteiger partial charge on any atom is 0.0307 e. The highest BCUT2D eigenvalue weighted by Gasteiger charge is 2.31. The van der Waals surface area contributed by atoms with E-state index in [1.54, 1.807) is 0 Å². The third-order valence-corrected chi connectivity index (χ3v) is 4.90. The number of nitrogens with two attached hydrogens (primary N) is 1. The van der Waals surface area contributed by atoms with Gasteiger partial charge in [0.05, 0.1) is 0 Å². The standard InChI is InChI=1S/C18H30N2/c1-2-7-16-10-6-12-18(15-19,13-11-16)20-14-17-8-4-3-5-9-17/h3-5,8-9,16,20H,2,6-7,10-15,19H2,1H3. The van der Waals surface area contributed by atoms with Crippen molar-refractivity contribution in [3.05, 3.63) is 35.9 Å². The van der Waals surface area contributed by atoms with E-state index in [9.17, 15) is 0 Å². The zero-order chi connectivity index (χ0) is 14.3. The Balaban J connectivity index is 1.92. The summed E-state index contributed by atoms with van der Waals surface area (Å²) in [5.41, 5.74) is 7.65. The second-order valence-corrected chi connectivity index (χ2v) is 6.41. The summed E-state index contributed by atoms with van der Waals surface area (Å²) in [6.07, 6.45) is 9.23. The molecule has 0 heterocycles. The lowest BCUT2D eigenvalue weighted by molar-refractivity contribution is 0.284. The normalized spacial score (nSPS) is 27.2. The number of nitrogens with one attached hydrogen (secondary N) is 1. The van der Waals surface area contributed by atoms with Gasteiger partial charge in [-0.1, -0.05) is 62.9 Å². The van der Waals surface area contributed by atoms with E-state index in [2.05, 4.69) is 42.6 Å². The van der Waals surface area contributed by atoms with Crippen LogP contribution in [-0.4, -0.2) is 12.1 Å². The van der Waals surface area contributed by atoms with Crippen molar-refractivity contribution >= 4 is 0 Å². The summed E-state index contributed by atoms with van der Waals surface area (Å²) in [5.74, 6) is 0.923. The SMILES string of the molecule is CCCC1CCCC(CN)(NCc2ccccc2)CC1. The van der Waals surface area contributed by atoms with Crippen LogP contribution in [0, 0.1) is 5.92 Å². The molecule has 20 heavy (non-hydrogen) atoms. The van der Waals surface area contributed by atoms with Gasteiger partial charge in [-0.2, -0.15) is 0 Å². The summed E-state index contributed by atoms with van der Waals surface area (Å²) in [5, 5.41) is 3.78. The molecule has 2 rings (SSSR count). The molecular formula is C18H30N2. The van der Waals surface area contributed by atoms with E-state index >= 15 is 0 Å². The predicted molar refractivity (Wildman–Crippen MR) is 86.6 cm³/mol. The molecule has 1 aliphatic carbocycles. The fraction of sp³-hybridized carbons (Fsp3) is 0.667. The second-order valence-electron chi connectivity index (χ2n) is 6.41. The van der Waals surface area contributed by atoms with Gasteiger partial charge in [0.1, 0.15) is 0 Å². The van der Waals surface area contributed by atoms with E-state index in [0.29, 0.717) is 0 Å². The largest absolute Gasteiger partial charge is 0.329 e. The highest BCUT2D eigenvalue weighted by atomic mass is 15.0. The molecule has 1 saturated carbocycles. The van der Waals surface area contributed by atoms with Crippen molar-refractivity contribution in [2.24, 2.45) is 11.7 Å². The minimum Gasteiger partial charge on any atom is -0.329 e. The van der Waals surface area contributed by atoms with Crippen LogP contribution in [0.2, 0.25) is 0 Å². The maximum absolute atomic E-state index is 6.13. The number of hydrogen-bond acceptors (Lipinski definition) is 2. The van der Waals surface area contributed by atoms with Gasteiger partial charge in [0, 0.05) is 18.6 Å². The summed E-state index contributed by atoms with van der Waals surface area (Å²) >= 11 is 0. The van der Waals surface area contributed by atoms with Crippen molar-refractivity contribution in [1.29, 1.82) is 0 Å². The number of hydrogen-bond donors (Lipinski definition) is 2. The first-order valence-electron chi connectivity index (χ1n) is 8.27. The lowest BCUT2D eigenvalue weighted by atomic mass is 9.88. The van der Waals surface area contributed by atoms with Gasteiger partial charge in [-0.3, -0.25) is 0 Å². The molecule has 0 amide bonds. The van der Waals surface area contributed by atoms with E-state index in [1.165, 1.54) is 50.5 Å². The first-order chi connectivity index (χ1) is 9.78. The minimum absolute atomic E-state index is 0.165. The van der Waals surface area contributed by atoms with E-state index in [4.69, 9.17) is 5.73 Å². The Hall–Kier alpha value is -0.860. The molecule has 1 aromatic carbocycles. The van der Waals surface area contributed by atoms with Gasteiger partial charge in [0.15, 0.2) is 0 Å². The summed E-state index contributed by atoms with van der Waals surface area (Å²) in [6, 6.07) is 10.7. The summed E-state index contributed by atoms with van der Waals surface area (Å²) in [4.78, 5) is 0. The van der Waals surface area contributed by atoms with Crippen LogP contribution in [0.25, 0.3) is 0 Å². The van der Waals surface area contributed by atoms with Crippen molar-refractivity contribution in [3.63, 3.8) is 0 Å². The molecule has 0 saturated heterocycles. The molecule has 2 atom stereocenters. The molecule has 112 valence electrons. The second kappa shape index (κ2) is 7.80. The molecule has 1 fully saturated rings. The van der Waals surface area contributed by atoms with Gasteiger partial charge >= 0.3 is 0 Å². The van der Waals surface area contributed by atoms with Gasteiger partial charge in [-0.05, 0) is 30.7 Å². The van der Waals surface area contributed by atoms with E-state index in [-0.39, 0.29) is 5.54 Å². The highest BCUT2D eigenvalue weighted by Crippen LogP contribution is 2.32. The average Bonchev–Trinajstić information content (AvgIpc) is 2.70. The van der Waals surface area contributed by atoms with Crippen molar-refractivity contribution in [2.75, 3.05) is 6.54 Å². The summed E-state index contributed by atoms with van der Waals surface area (Å²) in [7, 11) is 0. The Morgan fingerprint density at radius 2 is 2.00 bits per heavy atom. The monoisotopic (exact) mass is 274 g/mol. The molecule has 0 bridgehead atoms. The van der Waals surface area contributed by atoms with Crippen LogP contribution in [0.4, 0.5) is 0 Å². The van der Waals surface area contributed by atoms with Gasteiger partial charge in [0.25, 0.3) is 0 Å². The number of rotatable bonds is 6. The topological polar surface area (TPSA) is 38.0 Å². The highest BCUT2D eigenvalue weighted by molar-refractivity contribution is 5.15. The van der Waals surface area contributed by atoms with Crippen LogP contribution in [-0.2, 0) is 6.54 Å². The third kappa shape index (κ3) is 4.32. The zero-order valence-corrected chi connectivity index (χ0v) is 12.9. The van der Waals surface area contributed by atoms with Crippen molar-refractivity contribution < 1.29 is 0 Å². The van der Waals surface area contributed by atoms with E-state index in [0.717, 1.165) is 19.0 Å². The predicted octanol–water partition coefficient (Wildman–Crippen LogP) is 3.85. The fourth-order valence-corrected chi connectivity index (χ4v) is 3.51. The zero-order valence-electron chi connectivity index (χ0n) is 12.9. The molecule has 0 radical (unpaired) electrons. The van der Waals surface area contributed by atoms with Gasteiger partial charge in [-0.15, -0.1) is 0 Å². The van der Waals surface area contributed by atoms with Crippen LogP contribution in [0.15, 0.2) is 30.3 Å². The van der Waals surface area contributed by atoms with Gasteiger partial charge in [0.2, 0.25) is 0 Å². The smallest absolute Gasteiger partial charge is 0.0307 e. The average molecular weight is 274 g/mol. The fourth-order valence-electron chi connectivity index (χ4n) is 3.51. The van der Waals surface area contributed by atoms with Crippen molar-refractivity contribution in [1.82, 2.24) is 5.32 Å². The Morgan fingerprint density at radius 1 is 1.20 bits per heavy atom. The molecule has 0 aliphatic heterocycles. The molecule has 0 spiro atoms. The summed E-state index contributed by atoms with van der Waals surface area (Å²) in [6.45, 7) is 4.00. The van der Waals surface area contributed by atoms with E-state index in [1.807, 2.05) is 0 Å². The van der Waals surface area contributed by atoms with Crippen LogP contribution in [0.1, 0.15) is 57.4 Å². The Bertz CT molecular complexity index is 376. The minimum atomic E-state index is 0.165. The Labute approximate surface area is 124 Å². The first-order valence-corrected chi connectivity index (χ1v) is 8.27. The van der Waals surface area contributed by atoms with Crippen LogP contribution >= 0.6 is 0 Å². The molecule has 1 aromatic rings. The molecule has 3 N–H and O–H groups in total. The summed E-state index contributed by atoms with van der Waals surface area (Å²) < 4.78 is 0. The van der Waals surface area contributed by atoms with Crippen LogP contribution < -0.4 is 11.1 Å². The molecule has 2 heteroatoms. The molecular weight excluding hydrogens is 244 g/mol. The lowest BCUT2D eigenvalue weighted by Crippen LogP contribution is -2.50. The Morgan fingerprint density at radius 3 is 2.70 bits per heavy atom. The van der Waals surface area contributed by atoms with E-state index < -0.39 is 0 Å².